The van der Waals surface area contributed by atoms with Crippen molar-refractivity contribution in [3.8, 4) is 0 Å². The standard InChI is InChI=1S/C17H34N4O4S.HI/c1-7-25-16(22)20-14(10-13(2)3)11-19-15(18-6)21-8-9-26(23,24)17(4,5)12-21;/h13-14H,7-12H2,1-6H3,(H,18,19)(H,20,22);1H. The molecule has 2 N–H and O–H groups in total. The lowest BCUT2D eigenvalue weighted by atomic mass is 10.0. The molecule has 0 spiro atoms. The van der Waals surface area contributed by atoms with Crippen molar-refractivity contribution in [2.75, 3.05) is 39.0 Å². The molecule has 10 heteroatoms. The van der Waals surface area contributed by atoms with Crippen LogP contribution in [0.3, 0.4) is 0 Å². The molecule has 1 amide bonds. The molecule has 0 radical (unpaired) electrons. The van der Waals surface area contributed by atoms with E-state index >= 15 is 0 Å². The number of guanidine groups is 1. The zero-order chi connectivity index (χ0) is 20.0. The number of carbonyl (C=O) groups excluding carboxylic acids is 1. The van der Waals surface area contributed by atoms with Gasteiger partial charge < -0.3 is 20.3 Å². The number of hydrogen-bond acceptors (Lipinski definition) is 5. The Morgan fingerprint density at radius 1 is 1.33 bits per heavy atom. The molecule has 0 aliphatic carbocycles. The van der Waals surface area contributed by atoms with E-state index < -0.39 is 20.7 Å². The molecule has 1 aliphatic heterocycles. The van der Waals surface area contributed by atoms with Crippen molar-refractivity contribution in [1.82, 2.24) is 15.5 Å². The Morgan fingerprint density at radius 3 is 2.44 bits per heavy atom. The third-order valence-corrected chi connectivity index (χ3v) is 6.95. The lowest BCUT2D eigenvalue weighted by Crippen LogP contribution is -2.58. The first-order chi connectivity index (χ1) is 12.0. The molecule has 1 aliphatic rings. The van der Waals surface area contributed by atoms with Crippen LogP contribution in [0, 0.1) is 5.92 Å². The van der Waals surface area contributed by atoms with Gasteiger partial charge in [0.15, 0.2) is 15.8 Å². The average molecular weight is 518 g/mol. The summed E-state index contributed by atoms with van der Waals surface area (Å²) in [6, 6.07) is -0.104. The van der Waals surface area contributed by atoms with Gasteiger partial charge in [-0.1, -0.05) is 13.8 Å². The van der Waals surface area contributed by atoms with Crippen molar-refractivity contribution in [3.05, 3.63) is 0 Å². The van der Waals surface area contributed by atoms with Crippen LogP contribution in [0.5, 0.6) is 0 Å². The molecular weight excluding hydrogens is 483 g/mol. The van der Waals surface area contributed by atoms with Crippen molar-refractivity contribution >= 4 is 45.9 Å². The van der Waals surface area contributed by atoms with Crippen LogP contribution in [-0.4, -0.2) is 75.2 Å². The number of sulfone groups is 1. The van der Waals surface area contributed by atoms with E-state index in [0.29, 0.717) is 38.1 Å². The predicted octanol–water partition coefficient (Wildman–Crippen LogP) is 1.85. The van der Waals surface area contributed by atoms with E-state index in [2.05, 4.69) is 29.5 Å². The normalized spacial score (nSPS) is 19.8. The minimum absolute atomic E-state index is 0. The molecule has 0 saturated carbocycles. The highest BCUT2D eigenvalue weighted by Crippen LogP contribution is 2.23. The largest absolute Gasteiger partial charge is 0.450 e. The summed E-state index contributed by atoms with van der Waals surface area (Å²) in [4.78, 5) is 18.0. The first-order valence-electron chi connectivity index (χ1n) is 9.13. The van der Waals surface area contributed by atoms with Crippen LogP contribution >= 0.6 is 24.0 Å². The number of amides is 1. The lowest BCUT2D eigenvalue weighted by molar-refractivity contribution is 0.146. The molecule has 8 nitrogen and oxygen atoms in total. The molecule has 1 rings (SSSR count). The van der Waals surface area contributed by atoms with Gasteiger partial charge in [0, 0.05) is 32.7 Å². The zero-order valence-corrected chi connectivity index (χ0v) is 20.4. The molecule has 1 atom stereocenters. The van der Waals surface area contributed by atoms with E-state index in [1.807, 2.05) is 4.90 Å². The number of carbonyl (C=O) groups is 1. The van der Waals surface area contributed by atoms with Gasteiger partial charge in [0.1, 0.15) is 0 Å². The number of ether oxygens (including phenoxy) is 1. The summed E-state index contributed by atoms with van der Waals surface area (Å²) in [5, 5.41) is 6.14. The van der Waals surface area contributed by atoms with Crippen LogP contribution in [0.2, 0.25) is 0 Å². The smallest absolute Gasteiger partial charge is 0.407 e. The summed E-state index contributed by atoms with van der Waals surface area (Å²) in [6.45, 7) is 11.0. The van der Waals surface area contributed by atoms with E-state index in [-0.39, 0.29) is 35.8 Å². The third kappa shape index (κ3) is 8.00. The second kappa shape index (κ2) is 11.3. The maximum absolute atomic E-state index is 12.2. The average Bonchev–Trinajstić information content (AvgIpc) is 2.50. The summed E-state index contributed by atoms with van der Waals surface area (Å²) in [5.41, 5.74) is 0. The van der Waals surface area contributed by atoms with E-state index in [4.69, 9.17) is 4.74 Å². The summed E-state index contributed by atoms with van der Waals surface area (Å²) in [6.07, 6.45) is 0.364. The second-order valence-corrected chi connectivity index (χ2v) is 10.4. The number of hydrogen-bond donors (Lipinski definition) is 2. The number of nitrogens with zero attached hydrogens (tertiary/aromatic N) is 2. The van der Waals surface area contributed by atoms with Gasteiger partial charge in [-0.3, -0.25) is 4.99 Å². The van der Waals surface area contributed by atoms with Crippen LogP contribution in [0.25, 0.3) is 0 Å². The van der Waals surface area contributed by atoms with Crippen molar-refractivity contribution in [2.45, 2.75) is 51.8 Å². The van der Waals surface area contributed by atoms with Crippen molar-refractivity contribution in [1.29, 1.82) is 0 Å². The molecular formula is C17H35IN4O4S. The van der Waals surface area contributed by atoms with Gasteiger partial charge in [-0.05, 0) is 33.1 Å². The topological polar surface area (TPSA) is 100 Å². The minimum Gasteiger partial charge on any atom is -0.450 e. The predicted molar refractivity (Wildman–Crippen MR) is 120 cm³/mol. The fourth-order valence-corrected chi connectivity index (χ4v) is 4.34. The molecule has 1 saturated heterocycles. The van der Waals surface area contributed by atoms with Gasteiger partial charge in [0.05, 0.1) is 17.1 Å². The van der Waals surface area contributed by atoms with Gasteiger partial charge in [-0.2, -0.15) is 0 Å². The van der Waals surface area contributed by atoms with E-state index in [0.717, 1.165) is 6.42 Å². The summed E-state index contributed by atoms with van der Waals surface area (Å²) in [7, 11) is -1.43. The molecule has 27 heavy (non-hydrogen) atoms. The number of alkyl carbamates (subject to hydrolysis) is 1. The highest BCUT2D eigenvalue weighted by Gasteiger charge is 2.41. The summed E-state index contributed by atoms with van der Waals surface area (Å²) in [5.74, 6) is 1.16. The van der Waals surface area contributed by atoms with E-state index in [1.54, 1.807) is 27.8 Å². The number of nitrogens with one attached hydrogen (secondary N) is 2. The Bertz CT molecular complexity index is 608. The van der Waals surface area contributed by atoms with Crippen molar-refractivity contribution in [2.24, 2.45) is 10.9 Å². The second-order valence-electron chi connectivity index (χ2n) is 7.62. The molecule has 0 aromatic carbocycles. The molecule has 0 aromatic rings. The Labute approximate surface area is 180 Å². The molecule has 1 heterocycles. The molecule has 1 unspecified atom stereocenters. The SMILES string of the molecule is CCOC(=O)NC(CNC(=NC)N1CCS(=O)(=O)C(C)(C)C1)CC(C)C.I. The molecule has 0 aromatic heterocycles. The van der Waals surface area contributed by atoms with Gasteiger partial charge in [0.25, 0.3) is 0 Å². The van der Waals surface area contributed by atoms with Gasteiger partial charge in [-0.15, -0.1) is 24.0 Å². The third-order valence-electron chi connectivity index (χ3n) is 4.41. The van der Waals surface area contributed by atoms with Gasteiger partial charge >= 0.3 is 6.09 Å². The Hall–Kier alpha value is -0.780. The monoisotopic (exact) mass is 518 g/mol. The fraction of sp³-hybridized carbons (Fsp3) is 0.882. The number of rotatable bonds is 6. The van der Waals surface area contributed by atoms with Crippen LogP contribution in [0.15, 0.2) is 4.99 Å². The first kappa shape index (κ1) is 26.2. The Balaban J connectivity index is 0.00000676. The molecule has 0 bridgehead atoms. The van der Waals surface area contributed by atoms with Gasteiger partial charge in [-0.25, -0.2) is 13.2 Å². The Kier molecular flexibility index (Phi) is 11.0. The molecule has 160 valence electrons. The number of aliphatic imine (C=N–C) groups is 1. The van der Waals surface area contributed by atoms with Gasteiger partial charge in [0.2, 0.25) is 0 Å². The van der Waals surface area contributed by atoms with Crippen molar-refractivity contribution in [3.63, 3.8) is 0 Å². The maximum atomic E-state index is 12.2. The highest BCUT2D eigenvalue weighted by molar-refractivity contribution is 14.0. The quantitative estimate of drug-likeness (QED) is 0.316. The number of halogens is 1. The highest BCUT2D eigenvalue weighted by atomic mass is 127. The zero-order valence-electron chi connectivity index (χ0n) is 17.2. The fourth-order valence-electron chi connectivity index (χ4n) is 2.97. The van der Waals surface area contributed by atoms with Crippen molar-refractivity contribution < 1.29 is 17.9 Å². The lowest BCUT2D eigenvalue weighted by Gasteiger charge is -2.39. The summed E-state index contributed by atoms with van der Waals surface area (Å²) < 4.78 is 28.5. The van der Waals surface area contributed by atoms with Crippen LogP contribution in [0.4, 0.5) is 4.79 Å². The van der Waals surface area contributed by atoms with E-state index in [9.17, 15) is 13.2 Å². The summed E-state index contributed by atoms with van der Waals surface area (Å²) >= 11 is 0. The van der Waals surface area contributed by atoms with E-state index in [1.165, 1.54) is 0 Å². The minimum atomic E-state index is -3.10. The molecule has 1 fully saturated rings. The van der Waals surface area contributed by atoms with Crippen LogP contribution in [-0.2, 0) is 14.6 Å². The Morgan fingerprint density at radius 2 is 1.96 bits per heavy atom. The van der Waals surface area contributed by atoms with Crippen LogP contribution < -0.4 is 10.6 Å². The van der Waals surface area contributed by atoms with Crippen LogP contribution in [0.1, 0.15) is 41.0 Å². The maximum Gasteiger partial charge on any atom is 0.407 e. The first-order valence-corrected chi connectivity index (χ1v) is 10.8.